The van der Waals surface area contributed by atoms with Crippen molar-refractivity contribution in [3.63, 3.8) is 0 Å². The van der Waals surface area contributed by atoms with Gasteiger partial charge in [0, 0.05) is 62.2 Å². The van der Waals surface area contributed by atoms with Gasteiger partial charge in [-0.2, -0.15) is 5.26 Å². The molecule has 3 heterocycles. The lowest BCUT2D eigenvalue weighted by Crippen LogP contribution is -2.59. The Balaban J connectivity index is 1.80. The standard InChI is InChI=1S/C36H37N5O8S/c1-5-49-34-24(10-8-14-38-34)30-32(41-17-15-40(2)16-18-41)25(20-37)31(26-21-39-27-11-7-6-9-23(26)27)36(33(30)42,35(43)44)50(45,46)29-13-12-22(47-3)19-28(29)48-4/h6-14,19,26,39H,5,15-18,21H2,1-4H3,(H,43,44). The van der Waals surface area contributed by atoms with E-state index in [0.717, 1.165) is 6.07 Å². The van der Waals surface area contributed by atoms with Crippen molar-refractivity contribution in [2.45, 2.75) is 22.5 Å². The summed E-state index contributed by atoms with van der Waals surface area (Å²) in [6, 6.07) is 16.1. The Morgan fingerprint density at radius 2 is 1.84 bits per heavy atom. The van der Waals surface area contributed by atoms with Gasteiger partial charge in [-0.25, -0.2) is 18.2 Å². The molecule has 14 heteroatoms. The number of carbonyl (C=O) groups is 2. The number of anilines is 1. The molecule has 0 saturated carbocycles. The van der Waals surface area contributed by atoms with E-state index in [1.807, 2.05) is 11.9 Å². The molecule has 3 aliphatic rings. The molecule has 0 bridgehead atoms. The number of sulfone groups is 1. The SMILES string of the molecule is CCOc1ncccc1C1=C(N2CCN(C)CC2)C(C#N)=C(C2CNc3ccccc32)C(C(=O)O)(S(=O)(=O)c2ccc(OC)cc2OC)C1=O. The number of carbonyl (C=O) groups excluding carboxylic acids is 1. The molecule has 0 radical (unpaired) electrons. The Bertz CT molecular complexity index is 2080. The van der Waals surface area contributed by atoms with Crippen LogP contribution >= 0.6 is 0 Å². The predicted molar refractivity (Wildman–Crippen MR) is 184 cm³/mol. The number of Topliss-reactive ketones (excluding diaryl/α,β-unsaturated/α-hetero) is 1. The highest BCUT2D eigenvalue weighted by Crippen LogP contribution is 2.54. The molecule has 2 N–H and O–H groups in total. The summed E-state index contributed by atoms with van der Waals surface area (Å²) in [4.78, 5) is 37.6. The Morgan fingerprint density at radius 1 is 1.10 bits per heavy atom. The van der Waals surface area contributed by atoms with Gasteiger partial charge in [0.1, 0.15) is 22.5 Å². The number of pyridine rings is 1. The number of hydrogen-bond acceptors (Lipinski definition) is 12. The highest BCUT2D eigenvalue weighted by atomic mass is 32.2. The van der Waals surface area contributed by atoms with E-state index in [-0.39, 0.29) is 58.5 Å². The monoisotopic (exact) mass is 699 g/mol. The largest absolute Gasteiger partial charge is 0.497 e. The number of para-hydroxylation sites is 1. The van der Waals surface area contributed by atoms with Gasteiger partial charge in [-0.15, -0.1) is 0 Å². The zero-order valence-electron chi connectivity index (χ0n) is 28.1. The van der Waals surface area contributed by atoms with Crippen LogP contribution in [0.15, 0.2) is 82.5 Å². The molecule has 2 aromatic carbocycles. The molecule has 50 heavy (non-hydrogen) atoms. The molecule has 2 unspecified atom stereocenters. The molecular formula is C36H37N5O8S. The quantitative estimate of drug-likeness (QED) is 0.296. The van der Waals surface area contributed by atoms with Gasteiger partial charge in [0.25, 0.3) is 4.75 Å². The van der Waals surface area contributed by atoms with Gasteiger partial charge in [0.15, 0.2) is 0 Å². The number of aliphatic carboxylic acids is 1. The number of likely N-dealkylation sites (N-methyl/N-ethyl adjacent to an activating group) is 1. The summed E-state index contributed by atoms with van der Waals surface area (Å²) in [5, 5.41) is 25.9. The molecule has 0 spiro atoms. The van der Waals surface area contributed by atoms with E-state index in [0.29, 0.717) is 37.4 Å². The average molecular weight is 700 g/mol. The van der Waals surface area contributed by atoms with Crippen molar-refractivity contribution in [1.29, 1.82) is 5.26 Å². The minimum atomic E-state index is -5.29. The van der Waals surface area contributed by atoms with E-state index in [4.69, 9.17) is 14.2 Å². The van der Waals surface area contributed by atoms with Crippen LogP contribution in [-0.4, -0.2) is 105 Å². The summed E-state index contributed by atoms with van der Waals surface area (Å²) in [6.45, 7) is 3.82. The zero-order chi connectivity index (χ0) is 35.8. The number of fused-ring (bicyclic) bond motifs is 1. The lowest BCUT2D eigenvalue weighted by Gasteiger charge is -2.43. The third-order valence-corrected chi connectivity index (χ3v) is 11.8. The van der Waals surface area contributed by atoms with Gasteiger partial charge in [0.05, 0.1) is 37.7 Å². The van der Waals surface area contributed by atoms with Crippen LogP contribution < -0.4 is 19.5 Å². The second-order valence-electron chi connectivity index (χ2n) is 12.1. The smallest absolute Gasteiger partial charge is 0.338 e. The number of nitriles is 1. The summed E-state index contributed by atoms with van der Waals surface area (Å²) >= 11 is 0. The minimum absolute atomic E-state index is 0.00249. The first kappa shape index (κ1) is 34.5. The molecule has 2 atom stereocenters. The maximum atomic E-state index is 15.7. The molecule has 6 rings (SSSR count). The second kappa shape index (κ2) is 13.5. The van der Waals surface area contributed by atoms with Crippen molar-refractivity contribution in [2.24, 2.45) is 0 Å². The first-order valence-corrected chi connectivity index (χ1v) is 17.5. The van der Waals surface area contributed by atoms with Gasteiger partial charge in [-0.1, -0.05) is 18.2 Å². The first-order valence-electron chi connectivity index (χ1n) is 16.0. The number of hydrogen-bond donors (Lipinski definition) is 2. The Hall–Kier alpha value is -5.39. The predicted octanol–water partition coefficient (Wildman–Crippen LogP) is 3.37. The molecule has 13 nitrogen and oxygen atoms in total. The molecular weight excluding hydrogens is 662 g/mol. The van der Waals surface area contributed by atoms with Gasteiger partial charge >= 0.3 is 5.97 Å². The van der Waals surface area contributed by atoms with Gasteiger partial charge in [0.2, 0.25) is 21.5 Å². The average Bonchev–Trinajstić information content (AvgIpc) is 3.55. The molecule has 1 fully saturated rings. The normalized spacial score (nSPS) is 21.0. The van der Waals surface area contributed by atoms with Gasteiger partial charge < -0.3 is 34.4 Å². The number of nitrogens with zero attached hydrogens (tertiary/aromatic N) is 4. The highest BCUT2D eigenvalue weighted by molar-refractivity contribution is 7.95. The Kier molecular flexibility index (Phi) is 9.30. The molecule has 1 aromatic heterocycles. The zero-order valence-corrected chi connectivity index (χ0v) is 28.9. The molecule has 260 valence electrons. The van der Waals surface area contributed by atoms with Crippen molar-refractivity contribution in [2.75, 3.05) is 65.9 Å². The van der Waals surface area contributed by atoms with Crippen LogP contribution in [0.3, 0.4) is 0 Å². The van der Waals surface area contributed by atoms with Crippen LogP contribution in [0.25, 0.3) is 5.57 Å². The summed E-state index contributed by atoms with van der Waals surface area (Å²) in [5.74, 6) is -4.17. The van der Waals surface area contributed by atoms with Crippen LogP contribution in [0.1, 0.15) is 24.0 Å². The van der Waals surface area contributed by atoms with Crippen LogP contribution in [0, 0.1) is 11.3 Å². The van der Waals surface area contributed by atoms with Crippen LogP contribution in [-0.2, 0) is 19.4 Å². The number of nitrogens with one attached hydrogen (secondary N) is 1. The molecule has 1 saturated heterocycles. The van der Waals surface area contributed by atoms with E-state index < -0.39 is 37.2 Å². The van der Waals surface area contributed by atoms with E-state index >= 15 is 13.2 Å². The lowest BCUT2D eigenvalue weighted by atomic mass is 9.71. The fourth-order valence-electron chi connectivity index (χ4n) is 7.09. The van der Waals surface area contributed by atoms with Crippen molar-refractivity contribution in [3.8, 4) is 23.4 Å². The fourth-order valence-corrected chi connectivity index (χ4v) is 9.19. The number of rotatable bonds is 10. The number of ether oxygens (including phenoxy) is 3. The van der Waals surface area contributed by atoms with Crippen molar-refractivity contribution < 1.29 is 37.3 Å². The minimum Gasteiger partial charge on any atom is -0.497 e. The summed E-state index contributed by atoms with van der Waals surface area (Å²) < 4.78 is 44.1. The highest BCUT2D eigenvalue weighted by Gasteiger charge is 2.67. The maximum absolute atomic E-state index is 15.7. The Morgan fingerprint density at radius 3 is 2.50 bits per heavy atom. The van der Waals surface area contributed by atoms with Crippen LogP contribution in [0.4, 0.5) is 5.69 Å². The fraction of sp³-hybridized carbons (Fsp3) is 0.333. The number of benzene rings is 2. The van der Waals surface area contributed by atoms with E-state index in [2.05, 4.69) is 21.3 Å². The number of allylic oxidation sites excluding steroid dienone is 2. The summed E-state index contributed by atoms with van der Waals surface area (Å²) in [7, 11) is -0.718. The van der Waals surface area contributed by atoms with Crippen LogP contribution in [0.2, 0.25) is 0 Å². The van der Waals surface area contributed by atoms with Crippen molar-refractivity contribution >= 4 is 32.9 Å². The first-order chi connectivity index (χ1) is 24.1. The van der Waals surface area contributed by atoms with E-state index in [1.165, 1.54) is 38.6 Å². The number of aromatic nitrogens is 1. The number of ketones is 1. The number of carboxylic acids is 1. The summed E-state index contributed by atoms with van der Waals surface area (Å²) in [5.41, 5.74) is 0.590. The maximum Gasteiger partial charge on any atom is 0.338 e. The van der Waals surface area contributed by atoms with E-state index in [1.54, 1.807) is 37.3 Å². The second-order valence-corrected chi connectivity index (χ2v) is 14.1. The van der Waals surface area contributed by atoms with E-state index in [9.17, 15) is 15.2 Å². The number of methoxy groups -OCH3 is 2. The van der Waals surface area contributed by atoms with Gasteiger partial charge in [-0.05, 0) is 55.4 Å². The topological polar surface area (TPSA) is 171 Å². The third kappa shape index (κ3) is 5.24. The summed E-state index contributed by atoms with van der Waals surface area (Å²) in [6.07, 6.45) is 1.45. The molecule has 0 amide bonds. The van der Waals surface area contributed by atoms with Crippen molar-refractivity contribution in [3.05, 3.63) is 88.8 Å². The molecule has 2 aliphatic heterocycles. The van der Waals surface area contributed by atoms with Gasteiger partial charge in [-0.3, -0.25) is 4.79 Å². The Labute approximate surface area is 290 Å². The third-order valence-electron chi connectivity index (χ3n) is 9.47. The molecule has 1 aliphatic carbocycles. The lowest BCUT2D eigenvalue weighted by molar-refractivity contribution is -0.141. The van der Waals surface area contributed by atoms with Crippen LogP contribution in [0.5, 0.6) is 17.4 Å². The van der Waals surface area contributed by atoms with Crippen molar-refractivity contribution in [1.82, 2.24) is 14.8 Å². The number of piperazine rings is 1. The molecule has 3 aromatic rings. The number of carboxylic acid groups (broad SMARTS) is 1.